The molecule has 142 valence electrons. The topological polar surface area (TPSA) is 61.9 Å². The zero-order valence-electron chi connectivity index (χ0n) is 15.3. The Morgan fingerprint density at radius 2 is 1.52 bits per heavy atom. The number of rotatable bonds is 7. The lowest BCUT2D eigenvalue weighted by molar-refractivity contribution is -0.133. The molecule has 0 spiro atoms. The minimum Gasteiger partial charge on any atom is -0.493 e. The highest BCUT2D eigenvalue weighted by Gasteiger charge is 2.21. The number of piperazine rings is 1. The summed E-state index contributed by atoms with van der Waals surface area (Å²) in [6.45, 7) is 3.26. The first-order valence-corrected chi connectivity index (χ1v) is 9.25. The molecule has 0 radical (unpaired) electrons. The van der Waals surface area contributed by atoms with Crippen molar-refractivity contribution in [2.45, 2.75) is 6.42 Å². The third-order valence-corrected chi connectivity index (χ3v) is 4.53. The van der Waals surface area contributed by atoms with E-state index in [4.69, 9.17) is 4.74 Å². The van der Waals surface area contributed by atoms with Crippen LogP contribution in [-0.4, -0.2) is 56.0 Å². The minimum absolute atomic E-state index is 0.0372. The molecular formula is C21H25N3O3. The van der Waals surface area contributed by atoms with Crippen LogP contribution < -0.4 is 15.0 Å². The second-order valence-corrected chi connectivity index (χ2v) is 6.39. The molecule has 2 aromatic carbocycles. The van der Waals surface area contributed by atoms with Gasteiger partial charge in [0.25, 0.3) is 0 Å². The van der Waals surface area contributed by atoms with E-state index in [0.717, 1.165) is 18.8 Å². The molecule has 2 amide bonds. The van der Waals surface area contributed by atoms with Gasteiger partial charge in [-0.2, -0.15) is 0 Å². The third-order valence-electron chi connectivity index (χ3n) is 4.53. The molecule has 6 heteroatoms. The van der Waals surface area contributed by atoms with Crippen LogP contribution in [0.2, 0.25) is 0 Å². The van der Waals surface area contributed by atoms with Crippen LogP contribution in [0.1, 0.15) is 6.42 Å². The van der Waals surface area contributed by atoms with Gasteiger partial charge in [0.1, 0.15) is 5.75 Å². The quantitative estimate of drug-likeness (QED) is 0.812. The predicted molar refractivity (Wildman–Crippen MR) is 105 cm³/mol. The number of hydrogen-bond acceptors (Lipinski definition) is 4. The second-order valence-electron chi connectivity index (χ2n) is 6.39. The monoisotopic (exact) mass is 367 g/mol. The van der Waals surface area contributed by atoms with Crippen molar-refractivity contribution in [2.24, 2.45) is 0 Å². The largest absolute Gasteiger partial charge is 0.493 e. The molecule has 1 heterocycles. The van der Waals surface area contributed by atoms with Gasteiger partial charge in [0.2, 0.25) is 11.8 Å². The molecule has 0 unspecified atom stereocenters. The smallest absolute Gasteiger partial charge is 0.242 e. The maximum absolute atomic E-state index is 12.3. The molecule has 0 aromatic heterocycles. The van der Waals surface area contributed by atoms with E-state index in [0.29, 0.717) is 19.7 Å². The van der Waals surface area contributed by atoms with Crippen LogP contribution >= 0.6 is 0 Å². The zero-order valence-corrected chi connectivity index (χ0v) is 15.3. The van der Waals surface area contributed by atoms with Crippen molar-refractivity contribution < 1.29 is 14.3 Å². The summed E-state index contributed by atoms with van der Waals surface area (Å²) in [7, 11) is 0. The summed E-state index contributed by atoms with van der Waals surface area (Å²) >= 11 is 0. The summed E-state index contributed by atoms with van der Waals surface area (Å²) in [5.74, 6) is 0.514. The number of nitrogens with zero attached hydrogens (tertiary/aromatic N) is 2. The van der Waals surface area contributed by atoms with Gasteiger partial charge in [0.05, 0.1) is 19.6 Å². The van der Waals surface area contributed by atoms with E-state index >= 15 is 0 Å². The highest BCUT2D eigenvalue weighted by Crippen LogP contribution is 2.15. The maximum Gasteiger partial charge on any atom is 0.242 e. The summed E-state index contributed by atoms with van der Waals surface area (Å²) in [6, 6.07) is 19.5. The van der Waals surface area contributed by atoms with Crippen molar-refractivity contribution in [1.29, 1.82) is 0 Å². The number of carbonyl (C=O) groups excluding carboxylic acids is 2. The highest BCUT2D eigenvalue weighted by atomic mass is 16.5. The number of benzene rings is 2. The fraction of sp³-hybridized carbons (Fsp3) is 0.333. The lowest BCUT2D eigenvalue weighted by atomic mass is 10.2. The average molecular weight is 367 g/mol. The number of nitrogens with one attached hydrogen (secondary N) is 1. The van der Waals surface area contributed by atoms with Gasteiger partial charge in [-0.3, -0.25) is 9.59 Å². The second kappa shape index (κ2) is 9.62. The Morgan fingerprint density at radius 1 is 0.889 bits per heavy atom. The zero-order chi connectivity index (χ0) is 18.9. The summed E-state index contributed by atoms with van der Waals surface area (Å²) in [6.07, 6.45) is 0.226. The molecule has 0 aliphatic carbocycles. The molecule has 1 aliphatic heterocycles. The SMILES string of the molecule is O=C(CCOc1ccccc1)NCC(=O)N1CCN(c2ccccc2)CC1. The van der Waals surface area contributed by atoms with Crippen molar-refractivity contribution >= 4 is 17.5 Å². The van der Waals surface area contributed by atoms with Crippen LogP contribution in [0.15, 0.2) is 60.7 Å². The van der Waals surface area contributed by atoms with E-state index in [1.54, 1.807) is 4.90 Å². The van der Waals surface area contributed by atoms with Crippen LogP contribution in [0, 0.1) is 0 Å². The summed E-state index contributed by atoms with van der Waals surface area (Å²) < 4.78 is 5.49. The summed E-state index contributed by atoms with van der Waals surface area (Å²) in [5, 5.41) is 2.69. The summed E-state index contributed by atoms with van der Waals surface area (Å²) in [5.41, 5.74) is 1.18. The van der Waals surface area contributed by atoms with Gasteiger partial charge in [0.15, 0.2) is 0 Å². The van der Waals surface area contributed by atoms with Gasteiger partial charge in [-0.25, -0.2) is 0 Å². The molecule has 6 nitrogen and oxygen atoms in total. The number of carbonyl (C=O) groups is 2. The van der Waals surface area contributed by atoms with E-state index < -0.39 is 0 Å². The van der Waals surface area contributed by atoms with Crippen LogP contribution in [0.4, 0.5) is 5.69 Å². The highest BCUT2D eigenvalue weighted by molar-refractivity contribution is 5.84. The van der Waals surface area contributed by atoms with Crippen LogP contribution in [0.5, 0.6) is 5.75 Å². The Morgan fingerprint density at radius 3 is 2.19 bits per heavy atom. The maximum atomic E-state index is 12.3. The molecule has 1 N–H and O–H groups in total. The van der Waals surface area contributed by atoms with Crippen molar-refractivity contribution in [3.05, 3.63) is 60.7 Å². The van der Waals surface area contributed by atoms with Gasteiger partial charge >= 0.3 is 0 Å². The molecular weight excluding hydrogens is 342 g/mol. The first-order chi connectivity index (χ1) is 13.2. The van der Waals surface area contributed by atoms with E-state index in [-0.39, 0.29) is 24.8 Å². The first kappa shape index (κ1) is 18.8. The van der Waals surface area contributed by atoms with Crippen molar-refractivity contribution in [2.75, 3.05) is 44.2 Å². The molecule has 3 rings (SSSR count). The Balaban J connectivity index is 1.33. The minimum atomic E-state index is -0.179. The first-order valence-electron chi connectivity index (χ1n) is 9.25. The molecule has 1 aliphatic rings. The Bertz CT molecular complexity index is 729. The normalized spacial score (nSPS) is 13.9. The van der Waals surface area contributed by atoms with E-state index in [1.807, 2.05) is 48.5 Å². The van der Waals surface area contributed by atoms with Crippen LogP contribution in [0.3, 0.4) is 0 Å². The third kappa shape index (κ3) is 5.74. The van der Waals surface area contributed by atoms with E-state index in [2.05, 4.69) is 22.3 Å². The number of hydrogen-bond donors (Lipinski definition) is 1. The fourth-order valence-electron chi connectivity index (χ4n) is 3.01. The van der Waals surface area contributed by atoms with Crippen LogP contribution in [0.25, 0.3) is 0 Å². The van der Waals surface area contributed by atoms with Gasteiger partial charge in [-0.1, -0.05) is 36.4 Å². The molecule has 27 heavy (non-hydrogen) atoms. The molecule has 0 saturated carbocycles. The van der Waals surface area contributed by atoms with Crippen molar-refractivity contribution in [1.82, 2.24) is 10.2 Å². The van der Waals surface area contributed by atoms with E-state index in [9.17, 15) is 9.59 Å². The number of amides is 2. The Labute approximate surface area is 159 Å². The number of para-hydroxylation sites is 2. The average Bonchev–Trinajstić information content (AvgIpc) is 2.73. The van der Waals surface area contributed by atoms with Crippen LogP contribution in [-0.2, 0) is 9.59 Å². The standard InChI is InChI=1S/C21H25N3O3/c25-20(11-16-27-19-9-5-2-6-10-19)22-17-21(26)24-14-12-23(13-15-24)18-7-3-1-4-8-18/h1-10H,11-17H2,(H,22,25). The van der Waals surface area contributed by atoms with Crippen molar-refractivity contribution in [3.63, 3.8) is 0 Å². The lowest BCUT2D eigenvalue weighted by Gasteiger charge is -2.36. The van der Waals surface area contributed by atoms with Gasteiger partial charge in [-0.15, -0.1) is 0 Å². The Hall–Kier alpha value is -3.02. The fourth-order valence-corrected chi connectivity index (χ4v) is 3.01. The van der Waals surface area contributed by atoms with Gasteiger partial charge in [0, 0.05) is 31.9 Å². The van der Waals surface area contributed by atoms with E-state index in [1.165, 1.54) is 5.69 Å². The molecule has 1 saturated heterocycles. The Kier molecular flexibility index (Phi) is 6.68. The number of anilines is 1. The van der Waals surface area contributed by atoms with Gasteiger partial charge < -0.3 is 19.9 Å². The van der Waals surface area contributed by atoms with Gasteiger partial charge in [-0.05, 0) is 24.3 Å². The molecule has 0 atom stereocenters. The number of ether oxygens (including phenoxy) is 1. The summed E-state index contributed by atoms with van der Waals surface area (Å²) in [4.78, 5) is 28.3. The lowest BCUT2D eigenvalue weighted by Crippen LogP contribution is -2.51. The van der Waals surface area contributed by atoms with Crippen molar-refractivity contribution in [3.8, 4) is 5.75 Å². The molecule has 2 aromatic rings. The molecule has 1 fully saturated rings. The molecule has 0 bridgehead atoms. The predicted octanol–water partition coefficient (Wildman–Crippen LogP) is 1.92.